The van der Waals surface area contributed by atoms with E-state index in [1.54, 1.807) is 6.92 Å². The third kappa shape index (κ3) is 15.5. The second-order valence-corrected chi connectivity index (χ2v) is 10.4. The highest BCUT2D eigenvalue weighted by Gasteiger charge is 2.43. The van der Waals surface area contributed by atoms with Crippen molar-refractivity contribution in [2.45, 2.75) is 140 Å². The molecule has 5 atom stereocenters. The molecule has 0 aliphatic heterocycles. The van der Waals surface area contributed by atoms with Gasteiger partial charge in [0.1, 0.15) is 0 Å². The molecule has 1 rings (SSSR count). The number of hydrogen-bond acceptors (Lipinski definition) is 3. The van der Waals surface area contributed by atoms with Gasteiger partial charge in [-0.1, -0.05) is 87.3 Å². The van der Waals surface area contributed by atoms with E-state index >= 15 is 0 Å². The molecule has 0 heterocycles. The molecule has 3 heteroatoms. The molecule has 0 amide bonds. The van der Waals surface area contributed by atoms with Crippen molar-refractivity contribution in [1.82, 2.24) is 0 Å². The molecule has 32 heavy (non-hydrogen) atoms. The monoisotopic (exact) mass is 458 g/mol. The Morgan fingerprint density at radius 3 is 1.78 bits per heavy atom. The molecule has 0 saturated heterocycles. The number of rotatable bonds is 9. The van der Waals surface area contributed by atoms with Crippen molar-refractivity contribution in [2.24, 2.45) is 23.2 Å². The molecular formula is C29H62O3. The van der Waals surface area contributed by atoms with Crippen LogP contribution in [0.2, 0.25) is 0 Å². The van der Waals surface area contributed by atoms with Crippen LogP contribution in [0.4, 0.5) is 0 Å². The summed E-state index contributed by atoms with van der Waals surface area (Å²) in [5.41, 5.74) is 1.70. The van der Waals surface area contributed by atoms with Gasteiger partial charge in [0.15, 0.2) is 0 Å². The molecule has 3 nitrogen and oxygen atoms in total. The quantitative estimate of drug-likeness (QED) is 0.351. The minimum atomic E-state index is 0.182. The molecule has 0 bridgehead atoms. The molecule has 1 saturated carbocycles. The molecule has 0 spiro atoms. The van der Waals surface area contributed by atoms with Crippen molar-refractivity contribution >= 4 is 0 Å². The number of aliphatic hydroxyl groups is 1. The first-order valence-electron chi connectivity index (χ1n) is 13.3. The first kappa shape index (κ1) is 36.2. The molecule has 0 radical (unpaired) electrons. The summed E-state index contributed by atoms with van der Waals surface area (Å²) in [4.78, 5) is 0. The Balaban J connectivity index is -0.000000709. The van der Waals surface area contributed by atoms with Gasteiger partial charge in [-0.05, 0) is 69.6 Å². The summed E-state index contributed by atoms with van der Waals surface area (Å²) in [6.45, 7) is 30.5. The van der Waals surface area contributed by atoms with E-state index in [2.05, 4.69) is 82.7 Å². The first-order valence-corrected chi connectivity index (χ1v) is 13.3. The SMILES string of the molecule is C=C1CCC(C[C@@H](OC(C)C)[C@H](OC)C(C)CC)[C@]1(C)CC.CC(C)C.CCC.CCO. The average molecular weight is 459 g/mol. The number of aliphatic hydroxyl groups excluding tert-OH is 1. The lowest BCUT2D eigenvalue weighted by Gasteiger charge is -2.38. The lowest BCUT2D eigenvalue weighted by atomic mass is 9.72. The molecule has 2 unspecified atom stereocenters. The Morgan fingerprint density at radius 2 is 1.47 bits per heavy atom. The highest BCUT2D eigenvalue weighted by atomic mass is 16.5. The van der Waals surface area contributed by atoms with Crippen LogP contribution in [0.1, 0.15) is 122 Å². The van der Waals surface area contributed by atoms with Crippen LogP contribution in [0.25, 0.3) is 0 Å². The second kappa shape index (κ2) is 21.2. The summed E-state index contributed by atoms with van der Waals surface area (Å²) in [5.74, 6) is 2.02. The van der Waals surface area contributed by atoms with E-state index in [1.807, 2.05) is 7.11 Å². The van der Waals surface area contributed by atoms with Crippen molar-refractivity contribution in [3.05, 3.63) is 12.2 Å². The van der Waals surface area contributed by atoms with Crippen molar-refractivity contribution in [3.8, 4) is 0 Å². The standard InChI is InChI=1S/C20H38O2.C4H10.C3H8.C2H6O/c1-9-15(5)19(21-8)18(22-14(3)4)13-17-12-11-16(6)20(17,7)10-2;1-4(2)3;1-3-2;1-2-3/h14-15,17-19H,6,9-13H2,1-5,7-8H3;4H,1-3H3;3H2,1-2H3;3H,2H2,1H3/t15?,17?,18-,19-,20-;;;/m1.../s1. The first-order chi connectivity index (χ1) is 14.9. The second-order valence-electron chi connectivity index (χ2n) is 10.4. The average Bonchev–Trinajstić information content (AvgIpc) is 2.97. The van der Waals surface area contributed by atoms with E-state index < -0.39 is 0 Å². The number of ether oxygens (including phenoxy) is 2. The normalized spacial score (nSPS) is 22.8. The van der Waals surface area contributed by atoms with Gasteiger partial charge in [-0.25, -0.2) is 0 Å². The Morgan fingerprint density at radius 1 is 1.03 bits per heavy atom. The summed E-state index contributed by atoms with van der Waals surface area (Å²) in [5, 5.41) is 7.57. The van der Waals surface area contributed by atoms with Gasteiger partial charge in [0.25, 0.3) is 0 Å². The minimum Gasteiger partial charge on any atom is -0.397 e. The molecule has 1 aliphatic carbocycles. The van der Waals surface area contributed by atoms with Gasteiger partial charge >= 0.3 is 0 Å². The maximum atomic E-state index is 7.57. The van der Waals surface area contributed by atoms with Crippen molar-refractivity contribution in [2.75, 3.05) is 13.7 Å². The van der Waals surface area contributed by atoms with Gasteiger partial charge in [0, 0.05) is 13.7 Å². The fourth-order valence-corrected chi connectivity index (χ4v) is 4.04. The van der Waals surface area contributed by atoms with Gasteiger partial charge < -0.3 is 14.6 Å². The van der Waals surface area contributed by atoms with E-state index in [1.165, 1.54) is 31.3 Å². The van der Waals surface area contributed by atoms with Crippen LogP contribution >= 0.6 is 0 Å². The Hall–Kier alpha value is -0.380. The topological polar surface area (TPSA) is 38.7 Å². The molecule has 1 aliphatic rings. The van der Waals surface area contributed by atoms with E-state index in [0.29, 0.717) is 11.8 Å². The maximum absolute atomic E-state index is 7.57. The summed E-state index contributed by atoms with van der Waals surface area (Å²) in [6, 6.07) is 0. The molecule has 0 aromatic rings. The molecule has 196 valence electrons. The van der Waals surface area contributed by atoms with Crippen LogP contribution < -0.4 is 0 Å². The molecule has 0 aromatic heterocycles. The van der Waals surface area contributed by atoms with E-state index in [4.69, 9.17) is 14.6 Å². The van der Waals surface area contributed by atoms with Crippen LogP contribution in [-0.2, 0) is 9.47 Å². The molecule has 0 aromatic carbocycles. The van der Waals surface area contributed by atoms with Crippen molar-refractivity contribution in [3.63, 3.8) is 0 Å². The fraction of sp³-hybridized carbons (Fsp3) is 0.931. The third-order valence-electron chi connectivity index (χ3n) is 6.04. The van der Waals surface area contributed by atoms with Crippen LogP contribution in [0.3, 0.4) is 0 Å². The summed E-state index contributed by atoms with van der Waals surface area (Å²) in [6.07, 6.45) is 7.66. The van der Waals surface area contributed by atoms with E-state index in [9.17, 15) is 0 Å². The zero-order valence-corrected chi connectivity index (χ0v) is 24.4. The van der Waals surface area contributed by atoms with Gasteiger partial charge in [-0.2, -0.15) is 0 Å². The lowest BCUT2D eigenvalue weighted by molar-refractivity contribution is -0.111. The zero-order valence-electron chi connectivity index (χ0n) is 24.4. The Bertz CT molecular complexity index is 414. The number of hydrogen-bond donors (Lipinski definition) is 1. The van der Waals surface area contributed by atoms with Gasteiger partial charge in [0.05, 0.1) is 18.3 Å². The van der Waals surface area contributed by atoms with Gasteiger partial charge in [-0.15, -0.1) is 0 Å². The molecular weight excluding hydrogens is 396 g/mol. The molecule has 1 fully saturated rings. The minimum absolute atomic E-state index is 0.182. The smallest absolute Gasteiger partial charge is 0.0858 e. The van der Waals surface area contributed by atoms with Crippen molar-refractivity contribution in [1.29, 1.82) is 0 Å². The maximum Gasteiger partial charge on any atom is 0.0858 e. The lowest BCUT2D eigenvalue weighted by Crippen LogP contribution is -2.40. The predicted octanol–water partition coefficient (Wildman–Crippen LogP) is 8.69. The highest BCUT2D eigenvalue weighted by Crippen LogP contribution is 2.51. The van der Waals surface area contributed by atoms with E-state index in [-0.39, 0.29) is 30.3 Å². The fourth-order valence-electron chi connectivity index (χ4n) is 4.04. The van der Waals surface area contributed by atoms with Crippen LogP contribution in [0.5, 0.6) is 0 Å². The highest BCUT2D eigenvalue weighted by molar-refractivity contribution is 5.16. The van der Waals surface area contributed by atoms with E-state index in [0.717, 1.165) is 18.8 Å². The zero-order chi connectivity index (χ0) is 25.9. The summed E-state index contributed by atoms with van der Waals surface area (Å²) < 4.78 is 12.2. The largest absolute Gasteiger partial charge is 0.397 e. The Labute approximate surface area is 203 Å². The Kier molecular flexibility index (Phi) is 23.9. The summed E-state index contributed by atoms with van der Waals surface area (Å²) >= 11 is 0. The van der Waals surface area contributed by atoms with Crippen LogP contribution in [-0.4, -0.2) is 37.1 Å². The number of allylic oxidation sites excluding steroid dienone is 1. The van der Waals surface area contributed by atoms with Gasteiger partial charge in [0.2, 0.25) is 0 Å². The number of methoxy groups -OCH3 is 1. The van der Waals surface area contributed by atoms with Crippen LogP contribution in [0, 0.1) is 23.2 Å². The van der Waals surface area contributed by atoms with Gasteiger partial charge in [-0.3, -0.25) is 0 Å². The molecule has 1 N–H and O–H groups in total. The van der Waals surface area contributed by atoms with Crippen LogP contribution in [0.15, 0.2) is 12.2 Å². The summed E-state index contributed by atoms with van der Waals surface area (Å²) in [7, 11) is 1.83. The third-order valence-corrected chi connectivity index (χ3v) is 6.04. The van der Waals surface area contributed by atoms with Crippen molar-refractivity contribution < 1.29 is 14.6 Å². The predicted molar refractivity (Wildman–Crippen MR) is 144 cm³/mol.